The molecule has 0 bridgehead atoms. The van der Waals surface area contributed by atoms with E-state index in [1.807, 2.05) is 0 Å². The predicted octanol–water partition coefficient (Wildman–Crippen LogP) is 3.34. The lowest BCUT2D eigenvalue weighted by Gasteiger charge is -2.06. The van der Waals surface area contributed by atoms with Gasteiger partial charge in [-0.05, 0) is 36.4 Å². The first kappa shape index (κ1) is 10.6. The second-order valence-corrected chi connectivity index (χ2v) is 3.26. The fourth-order valence-corrected chi connectivity index (χ4v) is 1.28. The van der Waals surface area contributed by atoms with Crippen molar-refractivity contribution < 1.29 is 13.5 Å². The number of ether oxygens (including phenoxy) is 1. The molecule has 0 saturated heterocycles. The molecule has 2 aromatic rings. The number of halogens is 2. The van der Waals surface area contributed by atoms with E-state index in [1.165, 1.54) is 0 Å². The van der Waals surface area contributed by atoms with Gasteiger partial charge in [-0.1, -0.05) is 12.1 Å². The Hall–Kier alpha value is -1.90. The van der Waals surface area contributed by atoms with E-state index in [9.17, 15) is 8.78 Å². The maximum Gasteiger partial charge on any atom is 0.130 e. The zero-order valence-electron chi connectivity index (χ0n) is 8.41. The molecule has 0 heterocycles. The lowest BCUT2D eigenvalue weighted by Crippen LogP contribution is -1.99. The van der Waals surface area contributed by atoms with E-state index in [4.69, 9.17) is 4.74 Å². The SMILES string of the molecule is Fc1ccc(F)c(COc2c[c]ccc2)c1. The summed E-state index contributed by atoms with van der Waals surface area (Å²) in [5, 5.41) is 0. The van der Waals surface area contributed by atoms with Crippen LogP contribution in [-0.2, 0) is 6.61 Å². The van der Waals surface area contributed by atoms with Crippen LogP contribution in [0.4, 0.5) is 8.78 Å². The van der Waals surface area contributed by atoms with Crippen LogP contribution in [0.2, 0.25) is 0 Å². The minimum absolute atomic E-state index is 0.00144. The smallest absolute Gasteiger partial charge is 0.130 e. The molecule has 3 heteroatoms. The van der Waals surface area contributed by atoms with Gasteiger partial charge in [-0.2, -0.15) is 0 Å². The third-order valence-corrected chi connectivity index (χ3v) is 2.08. The molecule has 16 heavy (non-hydrogen) atoms. The van der Waals surface area contributed by atoms with Crippen molar-refractivity contribution in [2.45, 2.75) is 6.61 Å². The molecule has 0 aromatic heterocycles. The summed E-state index contributed by atoms with van der Waals surface area (Å²) in [6.07, 6.45) is 0. The van der Waals surface area contributed by atoms with E-state index in [0.29, 0.717) is 5.75 Å². The summed E-state index contributed by atoms with van der Waals surface area (Å²) in [6.45, 7) is 0.00144. The number of hydrogen-bond acceptors (Lipinski definition) is 1. The van der Waals surface area contributed by atoms with Crippen LogP contribution in [0.5, 0.6) is 5.75 Å². The van der Waals surface area contributed by atoms with Gasteiger partial charge in [0.1, 0.15) is 24.0 Å². The Morgan fingerprint density at radius 1 is 1.19 bits per heavy atom. The monoisotopic (exact) mass is 219 g/mol. The summed E-state index contributed by atoms with van der Waals surface area (Å²) in [5.41, 5.74) is 0.198. The second-order valence-electron chi connectivity index (χ2n) is 3.26. The van der Waals surface area contributed by atoms with Crippen molar-refractivity contribution in [2.24, 2.45) is 0 Å². The average Bonchev–Trinajstić information content (AvgIpc) is 2.32. The molecular formula is C13H9F2O. The highest BCUT2D eigenvalue weighted by Gasteiger charge is 2.04. The largest absolute Gasteiger partial charge is 0.489 e. The molecule has 0 unspecified atom stereocenters. The van der Waals surface area contributed by atoms with E-state index in [2.05, 4.69) is 6.07 Å². The summed E-state index contributed by atoms with van der Waals surface area (Å²) >= 11 is 0. The molecule has 1 radical (unpaired) electrons. The maximum absolute atomic E-state index is 13.2. The molecule has 0 saturated carbocycles. The molecular weight excluding hydrogens is 210 g/mol. The van der Waals surface area contributed by atoms with Crippen molar-refractivity contribution in [3.8, 4) is 5.75 Å². The van der Waals surface area contributed by atoms with Crippen LogP contribution in [0.1, 0.15) is 5.56 Å². The quantitative estimate of drug-likeness (QED) is 0.769. The highest BCUT2D eigenvalue weighted by molar-refractivity contribution is 5.22. The molecule has 1 nitrogen and oxygen atoms in total. The van der Waals surface area contributed by atoms with Crippen LogP contribution in [0.3, 0.4) is 0 Å². The molecule has 0 fully saturated rings. The Balaban J connectivity index is 2.08. The maximum atomic E-state index is 13.2. The molecule has 2 rings (SSSR count). The van der Waals surface area contributed by atoms with Crippen LogP contribution in [0.25, 0.3) is 0 Å². The Kier molecular flexibility index (Phi) is 3.15. The van der Waals surface area contributed by atoms with Gasteiger partial charge in [0, 0.05) is 5.56 Å². The Morgan fingerprint density at radius 3 is 2.81 bits per heavy atom. The first-order chi connectivity index (χ1) is 7.75. The van der Waals surface area contributed by atoms with Crippen LogP contribution in [0.15, 0.2) is 42.5 Å². The highest BCUT2D eigenvalue weighted by atomic mass is 19.1. The fraction of sp³-hybridized carbons (Fsp3) is 0.0769. The Bertz CT molecular complexity index is 469. The normalized spacial score (nSPS) is 10.1. The summed E-state index contributed by atoms with van der Waals surface area (Å²) < 4.78 is 31.4. The first-order valence-electron chi connectivity index (χ1n) is 4.78. The Labute approximate surface area is 92.3 Å². The van der Waals surface area contributed by atoms with Gasteiger partial charge >= 0.3 is 0 Å². The Morgan fingerprint density at radius 2 is 2.06 bits per heavy atom. The molecule has 2 aromatic carbocycles. The van der Waals surface area contributed by atoms with Crippen molar-refractivity contribution in [1.29, 1.82) is 0 Å². The lowest BCUT2D eigenvalue weighted by atomic mass is 10.2. The van der Waals surface area contributed by atoms with Crippen LogP contribution >= 0.6 is 0 Å². The van der Waals surface area contributed by atoms with Crippen molar-refractivity contribution >= 4 is 0 Å². The molecule has 0 aliphatic carbocycles. The fourth-order valence-electron chi connectivity index (χ4n) is 1.28. The van der Waals surface area contributed by atoms with Gasteiger partial charge in [0.25, 0.3) is 0 Å². The van der Waals surface area contributed by atoms with E-state index >= 15 is 0 Å². The highest BCUT2D eigenvalue weighted by Crippen LogP contribution is 2.14. The lowest BCUT2D eigenvalue weighted by molar-refractivity contribution is 0.299. The minimum atomic E-state index is -0.473. The standard InChI is InChI=1S/C13H9F2O/c14-11-6-7-13(15)10(8-11)9-16-12-4-2-1-3-5-12/h1-2,4-8H,9H2. The topological polar surface area (TPSA) is 9.23 Å². The van der Waals surface area contributed by atoms with Crippen molar-refractivity contribution in [3.05, 3.63) is 65.7 Å². The summed E-state index contributed by atoms with van der Waals surface area (Å²) in [7, 11) is 0. The van der Waals surface area contributed by atoms with Crippen molar-refractivity contribution in [3.63, 3.8) is 0 Å². The van der Waals surface area contributed by atoms with Gasteiger partial charge in [0.15, 0.2) is 0 Å². The third-order valence-electron chi connectivity index (χ3n) is 2.08. The van der Waals surface area contributed by atoms with Gasteiger partial charge in [0.05, 0.1) is 0 Å². The van der Waals surface area contributed by atoms with Gasteiger partial charge in [-0.15, -0.1) is 0 Å². The number of benzene rings is 2. The van der Waals surface area contributed by atoms with E-state index in [0.717, 1.165) is 18.2 Å². The molecule has 0 aliphatic heterocycles. The van der Waals surface area contributed by atoms with Crippen LogP contribution in [0, 0.1) is 17.7 Å². The molecule has 0 spiro atoms. The first-order valence-corrected chi connectivity index (χ1v) is 4.78. The van der Waals surface area contributed by atoms with Gasteiger partial charge in [0.2, 0.25) is 0 Å². The van der Waals surface area contributed by atoms with Crippen molar-refractivity contribution in [2.75, 3.05) is 0 Å². The summed E-state index contributed by atoms with van der Waals surface area (Å²) in [5.74, 6) is -0.368. The van der Waals surface area contributed by atoms with Gasteiger partial charge < -0.3 is 4.74 Å². The zero-order chi connectivity index (χ0) is 11.4. The summed E-state index contributed by atoms with van der Waals surface area (Å²) in [6, 6.07) is 13.0. The molecule has 0 N–H and O–H groups in total. The molecule has 81 valence electrons. The summed E-state index contributed by atoms with van der Waals surface area (Å²) in [4.78, 5) is 0. The predicted molar refractivity (Wildman–Crippen MR) is 56.0 cm³/mol. The van der Waals surface area contributed by atoms with Gasteiger partial charge in [-0.25, -0.2) is 8.78 Å². The number of hydrogen-bond donors (Lipinski definition) is 0. The van der Waals surface area contributed by atoms with Crippen molar-refractivity contribution in [1.82, 2.24) is 0 Å². The molecule has 0 aliphatic rings. The van der Waals surface area contributed by atoms with Crippen LogP contribution < -0.4 is 4.74 Å². The molecule has 0 atom stereocenters. The van der Waals surface area contributed by atoms with E-state index in [1.54, 1.807) is 24.3 Å². The van der Waals surface area contributed by atoms with E-state index in [-0.39, 0.29) is 12.2 Å². The second kappa shape index (κ2) is 4.75. The number of rotatable bonds is 3. The zero-order valence-corrected chi connectivity index (χ0v) is 8.41. The molecule has 0 amide bonds. The van der Waals surface area contributed by atoms with Gasteiger partial charge in [-0.3, -0.25) is 0 Å². The van der Waals surface area contributed by atoms with E-state index < -0.39 is 11.6 Å². The van der Waals surface area contributed by atoms with Crippen LogP contribution in [-0.4, -0.2) is 0 Å². The minimum Gasteiger partial charge on any atom is -0.489 e. The average molecular weight is 219 g/mol. The third kappa shape index (κ3) is 2.57.